The molecule has 0 spiro atoms. The average molecular weight is 288 g/mol. The SMILES string of the molecule is CCOC(=O)CC[NH+]=C1c2cccn2B(F)n2cccc21. The first-order chi connectivity index (χ1) is 10.2. The molecular formula is C14H16BFN3O2+. The Balaban J connectivity index is 1.87. The molecule has 0 saturated carbocycles. The Labute approximate surface area is 122 Å². The highest BCUT2D eigenvalue weighted by molar-refractivity contribution is 6.50. The lowest BCUT2D eigenvalue weighted by Crippen LogP contribution is -2.75. The van der Waals surface area contributed by atoms with Crippen LogP contribution in [-0.4, -0.2) is 41.0 Å². The molecular weight excluding hydrogens is 272 g/mol. The number of fused-ring (bicyclic) bond motifs is 2. The number of hydrogen-bond acceptors (Lipinski definition) is 2. The lowest BCUT2D eigenvalue weighted by Gasteiger charge is -2.19. The van der Waals surface area contributed by atoms with Crippen LogP contribution in [0.15, 0.2) is 36.7 Å². The van der Waals surface area contributed by atoms with Gasteiger partial charge in [0.25, 0.3) is 0 Å². The zero-order valence-electron chi connectivity index (χ0n) is 11.8. The predicted octanol–water partition coefficient (Wildman–Crippen LogP) is -0.175. The lowest BCUT2D eigenvalue weighted by atomic mass is 9.97. The van der Waals surface area contributed by atoms with E-state index in [1.54, 1.807) is 40.4 Å². The smallest absolute Gasteiger partial charge is 0.466 e. The van der Waals surface area contributed by atoms with E-state index in [9.17, 15) is 9.11 Å². The van der Waals surface area contributed by atoms with E-state index >= 15 is 0 Å². The van der Waals surface area contributed by atoms with Gasteiger partial charge < -0.3 is 13.7 Å². The average Bonchev–Trinajstić information content (AvgIpc) is 3.12. The maximum absolute atomic E-state index is 14.4. The summed E-state index contributed by atoms with van der Waals surface area (Å²) in [6.07, 6.45) is 3.68. The second kappa shape index (κ2) is 5.59. The first-order valence-electron chi connectivity index (χ1n) is 6.97. The van der Waals surface area contributed by atoms with E-state index in [-0.39, 0.29) is 12.4 Å². The number of rotatable bonds is 4. The summed E-state index contributed by atoms with van der Waals surface area (Å²) in [5.74, 6) is -0.240. The molecule has 1 aliphatic heterocycles. The highest BCUT2D eigenvalue weighted by Crippen LogP contribution is 2.18. The van der Waals surface area contributed by atoms with Gasteiger partial charge in [-0.05, 0) is 43.6 Å². The molecule has 2 aromatic heterocycles. The Kier molecular flexibility index (Phi) is 3.64. The molecule has 0 aliphatic carbocycles. The van der Waals surface area contributed by atoms with Gasteiger partial charge in [-0.1, -0.05) is 0 Å². The summed E-state index contributed by atoms with van der Waals surface area (Å²) in [6, 6.07) is 7.33. The summed E-state index contributed by atoms with van der Waals surface area (Å²) < 4.78 is 22.4. The van der Waals surface area contributed by atoms with Crippen molar-refractivity contribution < 1.29 is 18.8 Å². The fourth-order valence-corrected chi connectivity index (χ4v) is 2.55. The van der Waals surface area contributed by atoms with Crippen LogP contribution in [0, 0.1) is 0 Å². The summed E-state index contributed by atoms with van der Waals surface area (Å²) in [5.41, 5.74) is 2.37. The molecule has 108 valence electrons. The summed E-state index contributed by atoms with van der Waals surface area (Å²) in [7, 11) is -1.24. The quantitative estimate of drug-likeness (QED) is 0.627. The predicted molar refractivity (Wildman–Crippen MR) is 76.8 cm³/mol. The van der Waals surface area contributed by atoms with E-state index in [0.717, 1.165) is 17.1 Å². The van der Waals surface area contributed by atoms with Gasteiger partial charge in [-0.15, -0.1) is 0 Å². The second-order valence-electron chi connectivity index (χ2n) is 4.77. The summed E-state index contributed by atoms with van der Waals surface area (Å²) in [6.45, 7) is 2.61. The zero-order chi connectivity index (χ0) is 14.8. The number of halogens is 1. The van der Waals surface area contributed by atoms with Gasteiger partial charge in [0.15, 0.2) is 6.54 Å². The summed E-state index contributed by atoms with van der Waals surface area (Å²) in [5, 5.41) is 0. The second-order valence-corrected chi connectivity index (χ2v) is 4.77. The van der Waals surface area contributed by atoms with E-state index in [1.165, 1.54) is 0 Å². The van der Waals surface area contributed by atoms with Crippen molar-refractivity contribution in [1.82, 2.24) is 8.96 Å². The van der Waals surface area contributed by atoms with Crippen LogP contribution in [0.3, 0.4) is 0 Å². The van der Waals surface area contributed by atoms with Crippen LogP contribution >= 0.6 is 0 Å². The minimum absolute atomic E-state index is 0.240. The minimum atomic E-state index is -1.24. The summed E-state index contributed by atoms with van der Waals surface area (Å²) in [4.78, 5) is 14.6. The third kappa shape index (κ3) is 2.39. The molecule has 2 aromatic rings. The molecule has 7 heteroatoms. The fourth-order valence-electron chi connectivity index (χ4n) is 2.55. The van der Waals surface area contributed by atoms with Crippen molar-refractivity contribution in [2.45, 2.75) is 13.3 Å². The molecule has 0 aromatic carbocycles. The molecule has 0 amide bonds. The number of carbonyl (C=O) groups excluding carboxylic acids is 1. The van der Waals surface area contributed by atoms with E-state index < -0.39 is 7.26 Å². The van der Waals surface area contributed by atoms with Crippen LogP contribution in [0.25, 0.3) is 0 Å². The maximum atomic E-state index is 14.4. The third-order valence-corrected chi connectivity index (χ3v) is 3.47. The monoisotopic (exact) mass is 288 g/mol. The normalized spacial score (nSPS) is 12.9. The van der Waals surface area contributed by atoms with Crippen LogP contribution < -0.4 is 4.99 Å². The van der Waals surface area contributed by atoms with E-state index in [1.807, 2.05) is 12.1 Å². The topological polar surface area (TPSA) is 50.1 Å². The molecule has 1 aliphatic rings. The lowest BCUT2D eigenvalue weighted by molar-refractivity contribution is -0.455. The number of nitrogens with zero attached hydrogens (tertiary/aromatic N) is 2. The van der Waals surface area contributed by atoms with Gasteiger partial charge in [-0.3, -0.25) is 9.11 Å². The molecule has 0 radical (unpaired) electrons. The largest absolute Gasteiger partial charge is 0.596 e. The maximum Gasteiger partial charge on any atom is 0.596 e. The Hall–Kier alpha value is -2.31. The van der Waals surface area contributed by atoms with E-state index in [2.05, 4.69) is 4.99 Å². The Morgan fingerprint density at radius 3 is 2.48 bits per heavy atom. The molecule has 21 heavy (non-hydrogen) atoms. The van der Waals surface area contributed by atoms with Crippen molar-refractivity contribution in [2.75, 3.05) is 13.2 Å². The van der Waals surface area contributed by atoms with Crippen molar-refractivity contribution in [3.63, 3.8) is 0 Å². The van der Waals surface area contributed by atoms with Gasteiger partial charge in [-0.2, -0.15) is 0 Å². The van der Waals surface area contributed by atoms with Crippen molar-refractivity contribution >= 4 is 18.9 Å². The van der Waals surface area contributed by atoms with Crippen LogP contribution in [0.5, 0.6) is 0 Å². The van der Waals surface area contributed by atoms with Gasteiger partial charge in [-0.25, -0.2) is 4.99 Å². The van der Waals surface area contributed by atoms with Gasteiger partial charge in [0, 0.05) is 0 Å². The summed E-state index contributed by atoms with van der Waals surface area (Å²) >= 11 is 0. The van der Waals surface area contributed by atoms with Crippen LogP contribution in [0.2, 0.25) is 0 Å². The molecule has 3 heterocycles. The van der Waals surface area contributed by atoms with Gasteiger partial charge in [0.1, 0.15) is 17.8 Å². The zero-order valence-corrected chi connectivity index (χ0v) is 11.8. The van der Waals surface area contributed by atoms with Crippen molar-refractivity contribution in [2.24, 2.45) is 0 Å². The Morgan fingerprint density at radius 2 is 1.90 bits per heavy atom. The number of hydrogen-bond donors (Lipinski definition) is 1. The number of carbonyl (C=O) groups is 1. The molecule has 5 nitrogen and oxygen atoms in total. The van der Waals surface area contributed by atoms with Gasteiger partial charge >= 0.3 is 13.2 Å². The first-order valence-corrected chi connectivity index (χ1v) is 6.97. The van der Waals surface area contributed by atoms with Crippen LogP contribution in [-0.2, 0) is 9.53 Å². The van der Waals surface area contributed by atoms with Crippen molar-refractivity contribution in [1.29, 1.82) is 0 Å². The first kappa shape index (κ1) is 13.7. The molecule has 0 fully saturated rings. The van der Waals surface area contributed by atoms with E-state index in [0.29, 0.717) is 13.2 Å². The number of aromatic nitrogens is 2. The highest BCUT2D eigenvalue weighted by Gasteiger charge is 2.35. The molecule has 0 saturated heterocycles. The van der Waals surface area contributed by atoms with Crippen LogP contribution in [0.1, 0.15) is 24.7 Å². The van der Waals surface area contributed by atoms with Crippen LogP contribution in [0.4, 0.5) is 4.32 Å². The van der Waals surface area contributed by atoms with Gasteiger partial charge in [0.2, 0.25) is 5.71 Å². The van der Waals surface area contributed by atoms with Crippen molar-refractivity contribution in [3.8, 4) is 0 Å². The molecule has 0 atom stereocenters. The molecule has 0 bridgehead atoms. The third-order valence-electron chi connectivity index (χ3n) is 3.47. The number of esters is 1. The highest BCUT2D eigenvalue weighted by atomic mass is 19.1. The number of nitrogens with one attached hydrogen (secondary N) is 1. The molecule has 1 N–H and O–H groups in total. The molecule has 0 unspecified atom stereocenters. The Bertz CT molecular complexity index is 648. The minimum Gasteiger partial charge on any atom is -0.466 e. The molecule has 3 rings (SSSR count). The van der Waals surface area contributed by atoms with Gasteiger partial charge in [0.05, 0.1) is 6.61 Å². The van der Waals surface area contributed by atoms with E-state index in [4.69, 9.17) is 4.74 Å². The fraction of sp³-hybridized carbons (Fsp3) is 0.286. The van der Waals surface area contributed by atoms with Crippen molar-refractivity contribution in [3.05, 3.63) is 48.0 Å². The Morgan fingerprint density at radius 1 is 1.29 bits per heavy atom. The standard InChI is InChI=1S/C14H15BFN3O2/c1-2-21-13(20)7-8-17-14-11-5-3-9-18(11)15(16)19-10-4-6-12(14)19/h3-6,9-10H,2,7-8H2,1H3/p+1. The number of ether oxygens (including phenoxy) is 1.